The Morgan fingerprint density at radius 2 is 1.00 bits per heavy atom. The van der Waals surface area contributed by atoms with Crippen LogP contribution in [0, 0.1) is 6.92 Å². The monoisotopic (exact) mass is 322 g/mol. The van der Waals surface area contributed by atoms with E-state index in [1.54, 1.807) is 0 Å². The van der Waals surface area contributed by atoms with Crippen molar-refractivity contribution in [2.24, 2.45) is 0 Å². The van der Waals surface area contributed by atoms with Crippen molar-refractivity contribution >= 4 is 0 Å². The molecular formula is C23H18N2. The molecule has 4 aromatic rings. The topological polar surface area (TPSA) is 25.8 Å². The van der Waals surface area contributed by atoms with E-state index in [0.29, 0.717) is 0 Å². The molecule has 1 aromatic heterocycles. The van der Waals surface area contributed by atoms with Gasteiger partial charge in [-0.15, -0.1) is 0 Å². The molecule has 3 aromatic carbocycles. The first-order chi connectivity index (χ1) is 12.3. The lowest BCUT2D eigenvalue weighted by Crippen LogP contribution is -1.95. The minimum Gasteiger partial charge on any atom is -0.228 e. The van der Waals surface area contributed by atoms with E-state index in [0.717, 1.165) is 33.9 Å². The molecule has 0 saturated carbocycles. The maximum atomic E-state index is 4.82. The van der Waals surface area contributed by atoms with E-state index < -0.39 is 0 Å². The van der Waals surface area contributed by atoms with Crippen LogP contribution in [0.3, 0.4) is 0 Å². The smallest absolute Gasteiger partial charge is 0.160 e. The number of rotatable bonds is 3. The third kappa shape index (κ3) is 3.33. The van der Waals surface area contributed by atoms with Gasteiger partial charge in [-0.3, -0.25) is 0 Å². The van der Waals surface area contributed by atoms with Crippen LogP contribution in [0.5, 0.6) is 0 Å². The highest BCUT2D eigenvalue weighted by Gasteiger charge is 2.10. The van der Waals surface area contributed by atoms with E-state index in [4.69, 9.17) is 9.97 Å². The second-order valence-electron chi connectivity index (χ2n) is 6.06. The van der Waals surface area contributed by atoms with Crippen LogP contribution >= 0.6 is 0 Å². The first-order valence-corrected chi connectivity index (χ1v) is 8.36. The molecule has 0 fully saturated rings. The highest BCUT2D eigenvalue weighted by molar-refractivity contribution is 5.71. The molecule has 0 N–H and O–H groups in total. The minimum atomic E-state index is 0.748. The lowest BCUT2D eigenvalue weighted by atomic mass is 10.1. The van der Waals surface area contributed by atoms with E-state index in [-0.39, 0.29) is 0 Å². The van der Waals surface area contributed by atoms with Crippen molar-refractivity contribution in [3.8, 4) is 33.9 Å². The molecule has 2 nitrogen and oxygen atoms in total. The van der Waals surface area contributed by atoms with Crippen molar-refractivity contribution in [3.05, 3.63) is 96.6 Å². The van der Waals surface area contributed by atoms with Gasteiger partial charge in [0, 0.05) is 16.7 Å². The molecule has 0 bridgehead atoms. The molecule has 2 heteroatoms. The van der Waals surface area contributed by atoms with Crippen LogP contribution in [0.15, 0.2) is 91.0 Å². The van der Waals surface area contributed by atoms with E-state index in [1.165, 1.54) is 5.56 Å². The Kier molecular flexibility index (Phi) is 4.09. The van der Waals surface area contributed by atoms with Gasteiger partial charge in [-0.1, -0.05) is 90.5 Å². The number of hydrogen-bond donors (Lipinski definition) is 0. The summed E-state index contributed by atoms with van der Waals surface area (Å²) in [5.74, 6) is 0.748. The van der Waals surface area contributed by atoms with Crippen molar-refractivity contribution in [1.82, 2.24) is 9.97 Å². The summed E-state index contributed by atoms with van der Waals surface area (Å²) in [6, 6.07) is 30.9. The van der Waals surface area contributed by atoms with Gasteiger partial charge < -0.3 is 0 Å². The highest BCUT2D eigenvalue weighted by Crippen LogP contribution is 2.27. The molecule has 0 atom stereocenters. The van der Waals surface area contributed by atoms with Gasteiger partial charge in [-0.05, 0) is 13.0 Å². The van der Waals surface area contributed by atoms with Crippen LogP contribution in [0.1, 0.15) is 5.56 Å². The number of aromatic nitrogens is 2. The Labute approximate surface area is 147 Å². The molecule has 0 aliphatic carbocycles. The average Bonchev–Trinajstić information content (AvgIpc) is 2.69. The summed E-state index contributed by atoms with van der Waals surface area (Å²) < 4.78 is 0. The van der Waals surface area contributed by atoms with E-state index in [2.05, 4.69) is 49.4 Å². The normalized spacial score (nSPS) is 10.6. The van der Waals surface area contributed by atoms with E-state index >= 15 is 0 Å². The Morgan fingerprint density at radius 3 is 1.56 bits per heavy atom. The average molecular weight is 322 g/mol. The van der Waals surface area contributed by atoms with Gasteiger partial charge in [-0.2, -0.15) is 0 Å². The molecule has 0 unspecified atom stereocenters. The maximum absolute atomic E-state index is 4.82. The zero-order valence-electron chi connectivity index (χ0n) is 14.1. The molecule has 120 valence electrons. The van der Waals surface area contributed by atoms with Crippen molar-refractivity contribution in [1.29, 1.82) is 0 Å². The lowest BCUT2D eigenvalue weighted by molar-refractivity contribution is 1.18. The van der Waals surface area contributed by atoms with Crippen LogP contribution in [-0.4, -0.2) is 9.97 Å². The number of nitrogens with zero attached hydrogens (tertiary/aromatic N) is 2. The number of hydrogen-bond acceptors (Lipinski definition) is 2. The molecule has 0 aliphatic heterocycles. The molecule has 4 rings (SSSR count). The molecule has 0 radical (unpaired) electrons. The minimum absolute atomic E-state index is 0.748. The summed E-state index contributed by atoms with van der Waals surface area (Å²) in [6.45, 7) is 2.09. The SMILES string of the molecule is Cc1ccc(-c2cc(-c3ccccc3)nc(-c3ccccc3)n2)cc1. The van der Waals surface area contributed by atoms with Gasteiger partial charge in [0.1, 0.15) is 0 Å². The van der Waals surface area contributed by atoms with E-state index in [1.807, 2.05) is 48.5 Å². The van der Waals surface area contributed by atoms with Gasteiger partial charge in [0.2, 0.25) is 0 Å². The van der Waals surface area contributed by atoms with Gasteiger partial charge in [0.15, 0.2) is 5.82 Å². The molecule has 1 heterocycles. The van der Waals surface area contributed by atoms with Gasteiger partial charge >= 0.3 is 0 Å². The van der Waals surface area contributed by atoms with Crippen molar-refractivity contribution in [2.75, 3.05) is 0 Å². The summed E-state index contributed by atoms with van der Waals surface area (Å²) in [7, 11) is 0. The first kappa shape index (κ1) is 15.3. The summed E-state index contributed by atoms with van der Waals surface area (Å²) in [5.41, 5.74) is 6.33. The van der Waals surface area contributed by atoms with Crippen molar-refractivity contribution < 1.29 is 0 Å². The molecule has 0 aliphatic rings. The second-order valence-corrected chi connectivity index (χ2v) is 6.06. The predicted octanol–water partition coefficient (Wildman–Crippen LogP) is 5.79. The zero-order valence-corrected chi connectivity index (χ0v) is 14.1. The van der Waals surface area contributed by atoms with Crippen LogP contribution in [-0.2, 0) is 0 Å². The van der Waals surface area contributed by atoms with Crippen LogP contribution in [0.25, 0.3) is 33.9 Å². The maximum Gasteiger partial charge on any atom is 0.160 e. The molecular weight excluding hydrogens is 304 g/mol. The fourth-order valence-corrected chi connectivity index (χ4v) is 2.79. The van der Waals surface area contributed by atoms with Crippen LogP contribution < -0.4 is 0 Å². The third-order valence-electron chi connectivity index (χ3n) is 4.18. The Balaban J connectivity index is 1.90. The highest BCUT2D eigenvalue weighted by atomic mass is 14.9. The molecule has 25 heavy (non-hydrogen) atoms. The Hall–Kier alpha value is -3.26. The largest absolute Gasteiger partial charge is 0.228 e. The molecule has 0 amide bonds. The van der Waals surface area contributed by atoms with Gasteiger partial charge in [0.05, 0.1) is 11.4 Å². The summed E-state index contributed by atoms with van der Waals surface area (Å²) in [4.78, 5) is 9.62. The van der Waals surface area contributed by atoms with Crippen molar-refractivity contribution in [3.63, 3.8) is 0 Å². The van der Waals surface area contributed by atoms with Crippen molar-refractivity contribution in [2.45, 2.75) is 6.92 Å². The van der Waals surface area contributed by atoms with Gasteiger partial charge in [-0.25, -0.2) is 9.97 Å². The van der Waals surface area contributed by atoms with Crippen LogP contribution in [0.4, 0.5) is 0 Å². The number of benzene rings is 3. The Bertz CT molecular complexity index is 918. The standard InChI is InChI=1S/C23H18N2/c1-17-12-14-19(15-13-17)22-16-21(18-8-4-2-5-9-18)24-23(25-22)20-10-6-3-7-11-20/h2-16H,1H3. The first-order valence-electron chi connectivity index (χ1n) is 8.36. The lowest BCUT2D eigenvalue weighted by Gasteiger charge is -2.09. The van der Waals surface area contributed by atoms with E-state index in [9.17, 15) is 0 Å². The Morgan fingerprint density at radius 1 is 0.520 bits per heavy atom. The summed E-state index contributed by atoms with van der Waals surface area (Å²) in [5, 5.41) is 0. The predicted molar refractivity (Wildman–Crippen MR) is 103 cm³/mol. The molecule has 0 spiro atoms. The quantitative estimate of drug-likeness (QED) is 0.477. The fourth-order valence-electron chi connectivity index (χ4n) is 2.79. The third-order valence-corrected chi connectivity index (χ3v) is 4.18. The summed E-state index contributed by atoms with van der Waals surface area (Å²) >= 11 is 0. The zero-order chi connectivity index (χ0) is 17.1. The fraction of sp³-hybridized carbons (Fsp3) is 0.0435. The van der Waals surface area contributed by atoms with Gasteiger partial charge in [0.25, 0.3) is 0 Å². The second kappa shape index (κ2) is 6.70. The van der Waals surface area contributed by atoms with Crippen LogP contribution in [0.2, 0.25) is 0 Å². The number of aryl methyl sites for hydroxylation is 1. The summed E-state index contributed by atoms with van der Waals surface area (Å²) in [6.07, 6.45) is 0. The molecule has 0 saturated heterocycles.